The number of phenolic OH excluding ortho intramolecular Hbond substituents is 1. The number of phenols is 1. The average molecular weight is 444 g/mol. The SMILES string of the molecule is Cc1c(CCC(=O)N[C@@H](Cc2ccc(Cl)cc2)C(=O)O)c(=O)oc2c(C)c(O)ccc12. The molecule has 1 amide bonds. The van der Waals surface area contributed by atoms with Gasteiger partial charge in [-0.1, -0.05) is 23.7 Å². The number of rotatable bonds is 7. The number of carboxylic acid groups (broad SMARTS) is 1. The van der Waals surface area contributed by atoms with E-state index in [9.17, 15) is 24.6 Å². The molecule has 3 rings (SSSR count). The van der Waals surface area contributed by atoms with Gasteiger partial charge in [0.1, 0.15) is 17.4 Å². The molecule has 3 aromatic rings. The first kappa shape index (κ1) is 22.4. The van der Waals surface area contributed by atoms with Gasteiger partial charge in [-0.15, -0.1) is 0 Å². The molecule has 0 unspecified atom stereocenters. The summed E-state index contributed by atoms with van der Waals surface area (Å²) in [6, 6.07) is 8.79. The molecule has 3 N–H and O–H groups in total. The summed E-state index contributed by atoms with van der Waals surface area (Å²) < 4.78 is 5.37. The Morgan fingerprint density at radius 1 is 1.10 bits per heavy atom. The van der Waals surface area contributed by atoms with E-state index >= 15 is 0 Å². The van der Waals surface area contributed by atoms with Crippen LogP contribution in [0.2, 0.25) is 5.02 Å². The summed E-state index contributed by atoms with van der Waals surface area (Å²) in [5.74, 6) is -1.61. The minimum Gasteiger partial charge on any atom is -0.508 e. The van der Waals surface area contributed by atoms with E-state index in [0.29, 0.717) is 32.7 Å². The Morgan fingerprint density at radius 3 is 2.42 bits per heavy atom. The number of aryl methyl sites for hydroxylation is 2. The van der Waals surface area contributed by atoms with Gasteiger partial charge in [0.05, 0.1) is 0 Å². The minimum absolute atomic E-state index is 0.0302. The summed E-state index contributed by atoms with van der Waals surface area (Å²) in [4.78, 5) is 36.4. The highest BCUT2D eigenvalue weighted by atomic mass is 35.5. The average Bonchev–Trinajstić information content (AvgIpc) is 2.72. The van der Waals surface area contributed by atoms with Crippen LogP contribution in [0.5, 0.6) is 5.75 Å². The van der Waals surface area contributed by atoms with Gasteiger partial charge in [0.2, 0.25) is 5.91 Å². The first-order valence-electron chi connectivity index (χ1n) is 9.69. The lowest BCUT2D eigenvalue weighted by Gasteiger charge is -2.15. The number of nitrogens with one attached hydrogen (secondary N) is 1. The molecule has 1 atom stereocenters. The van der Waals surface area contributed by atoms with Gasteiger partial charge < -0.3 is 19.9 Å². The van der Waals surface area contributed by atoms with E-state index in [4.69, 9.17) is 16.0 Å². The van der Waals surface area contributed by atoms with Crippen LogP contribution in [0.1, 0.15) is 28.7 Å². The predicted molar refractivity (Wildman–Crippen MR) is 117 cm³/mol. The van der Waals surface area contributed by atoms with Crippen molar-refractivity contribution in [2.45, 2.75) is 39.2 Å². The molecule has 1 heterocycles. The molecular weight excluding hydrogens is 422 g/mol. The molecule has 0 saturated carbocycles. The summed E-state index contributed by atoms with van der Waals surface area (Å²) in [7, 11) is 0. The van der Waals surface area contributed by atoms with Gasteiger partial charge in [0, 0.05) is 34.4 Å². The number of aliphatic carboxylic acids is 1. The Labute approximate surface area is 183 Å². The fourth-order valence-electron chi connectivity index (χ4n) is 3.43. The molecule has 0 aliphatic heterocycles. The minimum atomic E-state index is -1.15. The van der Waals surface area contributed by atoms with E-state index in [1.165, 1.54) is 6.07 Å². The van der Waals surface area contributed by atoms with Crippen molar-refractivity contribution in [3.63, 3.8) is 0 Å². The Hall–Kier alpha value is -3.32. The summed E-state index contributed by atoms with van der Waals surface area (Å²) in [6.07, 6.45) is 0.139. The second-order valence-corrected chi connectivity index (χ2v) is 7.80. The number of fused-ring (bicyclic) bond motifs is 1. The van der Waals surface area contributed by atoms with Crippen LogP contribution in [0.4, 0.5) is 0 Å². The smallest absolute Gasteiger partial charge is 0.339 e. The molecule has 8 heteroatoms. The molecule has 162 valence electrons. The van der Waals surface area contributed by atoms with Crippen LogP contribution in [0, 0.1) is 13.8 Å². The van der Waals surface area contributed by atoms with E-state index in [1.54, 1.807) is 44.2 Å². The van der Waals surface area contributed by atoms with Crippen molar-refractivity contribution in [3.05, 3.63) is 74.1 Å². The largest absolute Gasteiger partial charge is 0.508 e. The first-order valence-corrected chi connectivity index (χ1v) is 10.1. The number of carboxylic acids is 1. The van der Waals surface area contributed by atoms with Gasteiger partial charge in [-0.2, -0.15) is 0 Å². The number of hydrogen-bond acceptors (Lipinski definition) is 5. The highest BCUT2D eigenvalue weighted by Gasteiger charge is 2.21. The maximum absolute atomic E-state index is 12.4. The third kappa shape index (κ3) is 5.06. The van der Waals surface area contributed by atoms with Crippen molar-refractivity contribution >= 4 is 34.4 Å². The van der Waals surface area contributed by atoms with Crippen LogP contribution in [-0.2, 0) is 22.4 Å². The number of amides is 1. The molecule has 0 aliphatic rings. The zero-order valence-electron chi connectivity index (χ0n) is 17.1. The van der Waals surface area contributed by atoms with Gasteiger partial charge >= 0.3 is 11.6 Å². The van der Waals surface area contributed by atoms with Gasteiger partial charge in [-0.05, 0) is 55.7 Å². The van der Waals surface area contributed by atoms with Crippen molar-refractivity contribution in [2.75, 3.05) is 0 Å². The number of hydrogen-bond donors (Lipinski definition) is 3. The Kier molecular flexibility index (Phi) is 6.65. The van der Waals surface area contributed by atoms with Crippen molar-refractivity contribution < 1.29 is 24.2 Å². The van der Waals surface area contributed by atoms with E-state index in [-0.39, 0.29) is 25.0 Å². The van der Waals surface area contributed by atoms with Gasteiger partial charge in [-0.25, -0.2) is 9.59 Å². The molecule has 0 fully saturated rings. The lowest BCUT2D eigenvalue weighted by atomic mass is 10.00. The van der Waals surface area contributed by atoms with Crippen LogP contribution in [0.15, 0.2) is 45.6 Å². The Balaban J connectivity index is 1.72. The van der Waals surface area contributed by atoms with Crippen LogP contribution < -0.4 is 10.9 Å². The van der Waals surface area contributed by atoms with Crippen molar-refractivity contribution in [2.24, 2.45) is 0 Å². The maximum atomic E-state index is 12.4. The van der Waals surface area contributed by atoms with Crippen LogP contribution >= 0.6 is 11.6 Å². The fraction of sp³-hybridized carbons (Fsp3) is 0.261. The van der Waals surface area contributed by atoms with Crippen molar-refractivity contribution in [3.8, 4) is 5.75 Å². The van der Waals surface area contributed by atoms with Crippen LogP contribution in [0.3, 0.4) is 0 Å². The predicted octanol–water partition coefficient (Wildman–Crippen LogP) is 3.51. The molecule has 2 aromatic carbocycles. The van der Waals surface area contributed by atoms with Gasteiger partial charge in [0.15, 0.2) is 0 Å². The highest BCUT2D eigenvalue weighted by Crippen LogP contribution is 2.28. The standard InChI is InChI=1S/C23H22ClNO6/c1-12-16-7-9-19(26)13(2)21(16)31-23(30)17(12)8-10-20(27)25-18(22(28)29)11-14-3-5-15(24)6-4-14/h3-7,9,18,26H,8,10-11H2,1-2H3,(H,25,27)(H,28,29)/t18-/m0/s1. The third-order valence-electron chi connectivity index (χ3n) is 5.26. The van der Waals surface area contributed by atoms with E-state index < -0.39 is 23.5 Å². The van der Waals surface area contributed by atoms with Crippen LogP contribution in [0.25, 0.3) is 11.0 Å². The maximum Gasteiger partial charge on any atom is 0.339 e. The van der Waals surface area contributed by atoms with Gasteiger partial charge in [0.25, 0.3) is 0 Å². The molecule has 0 bridgehead atoms. The molecule has 0 saturated heterocycles. The lowest BCUT2D eigenvalue weighted by molar-refractivity contribution is -0.141. The normalized spacial score (nSPS) is 12.0. The van der Waals surface area contributed by atoms with E-state index in [2.05, 4.69) is 5.32 Å². The highest BCUT2D eigenvalue weighted by molar-refractivity contribution is 6.30. The molecule has 0 aliphatic carbocycles. The van der Waals surface area contributed by atoms with Crippen molar-refractivity contribution in [1.29, 1.82) is 0 Å². The zero-order valence-corrected chi connectivity index (χ0v) is 17.8. The summed E-state index contributed by atoms with van der Waals surface area (Å²) in [5, 5.41) is 23.0. The van der Waals surface area contributed by atoms with Crippen molar-refractivity contribution in [1.82, 2.24) is 5.32 Å². The summed E-state index contributed by atoms with van der Waals surface area (Å²) in [6.45, 7) is 3.41. The number of halogens is 1. The molecule has 0 radical (unpaired) electrons. The molecular formula is C23H22ClNO6. The number of carbonyl (C=O) groups is 2. The molecule has 0 spiro atoms. The molecule has 31 heavy (non-hydrogen) atoms. The lowest BCUT2D eigenvalue weighted by Crippen LogP contribution is -2.42. The molecule has 7 nitrogen and oxygen atoms in total. The van der Waals surface area contributed by atoms with E-state index in [0.717, 1.165) is 5.56 Å². The second-order valence-electron chi connectivity index (χ2n) is 7.37. The fourth-order valence-corrected chi connectivity index (χ4v) is 3.55. The zero-order chi connectivity index (χ0) is 22.7. The number of aromatic hydroxyl groups is 1. The monoisotopic (exact) mass is 443 g/mol. The second kappa shape index (κ2) is 9.22. The van der Waals surface area contributed by atoms with Crippen LogP contribution in [-0.4, -0.2) is 28.1 Å². The van der Waals surface area contributed by atoms with Gasteiger partial charge in [-0.3, -0.25) is 4.79 Å². The first-order chi connectivity index (χ1) is 14.7. The Morgan fingerprint density at radius 2 is 1.77 bits per heavy atom. The summed E-state index contributed by atoms with van der Waals surface area (Å²) in [5.41, 5.74) is 1.93. The Bertz CT molecular complexity index is 1200. The number of benzene rings is 2. The topological polar surface area (TPSA) is 117 Å². The summed E-state index contributed by atoms with van der Waals surface area (Å²) >= 11 is 5.84. The molecule has 1 aromatic heterocycles. The third-order valence-corrected chi connectivity index (χ3v) is 5.52. The van der Waals surface area contributed by atoms with E-state index in [1.807, 2.05) is 0 Å². The number of carbonyl (C=O) groups excluding carboxylic acids is 1. The quantitative estimate of drug-likeness (QED) is 0.481.